The summed E-state index contributed by atoms with van der Waals surface area (Å²) in [5.74, 6) is -0.0924. The van der Waals surface area contributed by atoms with E-state index in [1.807, 2.05) is 30.3 Å². The number of H-pyrrole nitrogens is 1. The topological polar surface area (TPSA) is 69.8 Å². The molecule has 3 N–H and O–H groups in total. The summed E-state index contributed by atoms with van der Waals surface area (Å²) in [6.45, 7) is 3.13. The van der Waals surface area contributed by atoms with Crippen molar-refractivity contribution < 1.29 is 4.79 Å². The third-order valence-electron chi connectivity index (χ3n) is 3.97. The summed E-state index contributed by atoms with van der Waals surface area (Å²) in [6.07, 6.45) is 2.10. The van der Waals surface area contributed by atoms with Crippen molar-refractivity contribution in [3.63, 3.8) is 0 Å². The molecule has 0 bridgehead atoms. The standard InChI is InChI=1S/C16H20N4O/c1-11-13(8-5-9-17-11)18-16(21)15-10-14(19-20-15)12-6-3-2-4-7-12/h2-4,6-7,10-11,13,17H,5,8-9H2,1H3,(H,18,21)(H,19,20). The molecule has 1 fully saturated rings. The second kappa shape index (κ2) is 6.10. The van der Waals surface area contributed by atoms with Crippen LogP contribution in [0, 0.1) is 0 Å². The molecule has 1 aromatic carbocycles. The van der Waals surface area contributed by atoms with Crippen LogP contribution in [0.5, 0.6) is 0 Å². The van der Waals surface area contributed by atoms with Gasteiger partial charge in [0.2, 0.25) is 0 Å². The number of nitrogens with one attached hydrogen (secondary N) is 3. The fourth-order valence-corrected chi connectivity index (χ4v) is 2.68. The van der Waals surface area contributed by atoms with Gasteiger partial charge in [0.25, 0.3) is 5.91 Å². The highest BCUT2D eigenvalue weighted by molar-refractivity contribution is 5.93. The Kier molecular flexibility index (Phi) is 4.01. The number of benzene rings is 1. The molecule has 110 valence electrons. The van der Waals surface area contributed by atoms with Gasteiger partial charge in [0.1, 0.15) is 5.69 Å². The number of nitrogens with zero attached hydrogens (tertiary/aromatic N) is 1. The number of hydrogen-bond donors (Lipinski definition) is 3. The molecule has 21 heavy (non-hydrogen) atoms. The van der Waals surface area contributed by atoms with Crippen molar-refractivity contribution in [2.45, 2.75) is 31.8 Å². The monoisotopic (exact) mass is 284 g/mol. The van der Waals surface area contributed by atoms with Gasteiger partial charge in [0.15, 0.2) is 0 Å². The maximum atomic E-state index is 12.3. The molecular weight excluding hydrogens is 264 g/mol. The van der Waals surface area contributed by atoms with Crippen LogP contribution >= 0.6 is 0 Å². The van der Waals surface area contributed by atoms with Crippen LogP contribution in [0.1, 0.15) is 30.3 Å². The number of carbonyl (C=O) groups excluding carboxylic acids is 1. The minimum atomic E-state index is -0.0924. The Morgan fingerprint density at radius 2 is 2.14 bits per heavy atom. The summed E-state index contributed by atoms with van der Waals surface area (Å²) in [5, 5.41) is 13.5. The van der Waals surface area contributed by atoms with Gasteiger partial charge in [-0.25, -0.2) is 0 Å². The van der Waals surface area contributed by atoms with Gasteiger partial charge in [-0.1, -0.05) is 30.3 Å². The van der Waals surface area contributed by atoms with Gasteiger partial charge in [0.05, 0.1) is 5.69 Å². The molecule has 3 rings (SSSR count). The highest BCUT2D eigenvalue weighted by atomic mass is 16.2. The highest BCUT2D eigenvalue weighted by Gasteiger charge is 2.23. The van der Waals surface area contributed by atoms with Gasteiger partial charge in [-0.3, -0.25) is 9.89 Å². The number of rotatable bonds is 3. The van der Waals surface area contributed by atoms with E-state index in [-0.39, 0.29) is 11.9 Å². The molecule has 2 unspecified atom stereocenters. The second-order valence-electron chi connectivity index (χ2n) is 5.50. The number of hydrogen-bond acceptors (Lipinski definition) is 3. The Bertz CT molecular complexity index is 608. The summed E-state index contributed by atoms with van der Waals surface area (Å²) in [6, 6.07) is 12.1. The van der Waals surface area contributed by atoms with E-state index in [9.17, 15) is 4.79 Å². The molecule has 0 saturated carbocycles. The van der Waals surface area contributed by atoms with E-state index in [0.29, 0.717) is 11.7 Å². The van der Waals surface area contributed by atoms with Crippen LogP contribution in [0.3, 0.4) is 0 Å². The minimum absolute atomic E-state index is 0.0924. The first-order valence-corrected chi connectivity index (χ1v) is 7.39. The largest absolute Gasteiger partial charge is 0.346 e. The Balaban J connectivity index is 1.69. The second-order valence-corrected chi connectivity index (χ2v) is 5.50. The molecule has 1 saturated heterocycles. The summed E-state index contributed by atoms with van der Waals surface area (Å²) >= 11 is 0. The molecule has 5 heteroatoms. The van der Waals surface area contributed by atoms with Gasteiger partial charge < -0.3 is 10.6 Å². The van der Waals surface area contributed by atoms with Crippen LogP contribution in [-0.4, -0.2) is 34.7 Å². The third kappa shape index (κ3) is 3.13. The summed E-state index contributed by atoms with van der Waals surface area (Å²) in [7, 11) is 0. The molecule has 0 aliphatic carbocycles. The first-order valence-electron chi connectivity index (χ1n) is 7.39. The van der Waals surface area contributed by atoms with E-state index in [1.165, 1.54) is 0 Å². The molecular formula is C16H20N4O. The predicted octanol–water partition coefficient (Wildman–Crippen LogP) is 1.95. The fraction of sp³-hybridized carbons (Fsp3) is 0.375. The SMILES string of the molecule is CC1NCCCC1NC(=O)c1cc(-c2ccccc2)n[nH]1. The lowest BCUT2D eigenvalue weighted by Gasteiger charge is -2.30. The Morgan fingerprint density at radius 3 is 2.90 bits per heavy atom. The van der Waals surface area contributed by atoms with Crippen LogP contribution in [0.15, 0.2) is 36.4 Å². The molecule has 1 amide bonds. The van der Waals surface area contributed by atoms with Crippen molar-refractivity contribution in [3.8, 4) is 11.3 Å². The fourth-order valence-electron chi connectivity index (χ4n) is 2.68. The van der Waals surface area contributed by atoms with Crippen LogP contribution in [-0.2, 0) is 0 Å². The highest BCUT2D eigenvalue weighted by Crippen LogP contribution is 2.17. The van der Waals surface area contributed by atoms with E-state index in [0.717, 1.165) is 30.6 Å². The van der Waals surface area contributed by atoms with Crippen LogP contribution in [0.4, 0.5) is 0 Å². The first kappa shape index (κ1) is 13.8. The first-order chi connectivity index (χ1) is 10.2. The molecule has 2 aromatic rings. The summed E-state index contributed by atoms with van der Waals surface area (Å²) in [5.41, 5.74) is 2.29. The zero-order valence-corrected chi connectivity index (χ0v) is 12.1. The minimum Gasteiger partial charge on any atom is -0.346 e. The van der Waals surface area contributed by atoms with Crippen molar-refractivity contribution in [2.24, 2.45) is 0 Å². The third-order valence-corrected chi connectivity index (χ3v) is 3.97. The van der Waals surface area contributed by atoms with E-state index < -0.39 is 0 Å². The lowest BCUT2D eigenvalue weighted by molar-refractivity contribution is 0.0914. The lowest BCUT2D eigenvalue weighted by atomic mass is 10.00. The number of piperidine rings is 1. The van der Waals surface area contributed by atoms with Crippen molar-refractivity contribution in [1.29, 1.82) is 0 Å². The van der Waals surface area contributed by atoms with Crippen LogP contribution < -0.4 is 10.6 Å². The zero-order chi connectivity index (χ0) is 14.7. The predicted molar refractivity (Wildman–Crippen MR) is 82.0 cm³/mol. The van der Waals surface area contributed by atoms with E-state index in [4.69, 9.17) is 0 Å². The van der Waals surface area contributed by atoms with Crippen molar-refractivity contribution in [2.75, 3.05) is 6.54 Å². The van der Waals surface area contributed by atoms with E-state index in [1.54, 1.807) is 6.07 Å². The quantitative estimate of drug-likeness (QED) is 0.807. The normalized spacial score (nSPS) is 22.0. The summed E-state index contributed by atoms with van der Waals surface area (Å²) < 4.78 is 0. The van der Waals surface area contributed by atoms with Gasteiger partial charge >= 0.3 is 0 Å². The number of aromatic nitrogens is 2. The molecule has 1 aliphatic heterocycles. The molecule has 1 aliphatic rings. The number of carbonyl (C=O) groups is 1. The van der Waals surface area contributed by atoms with Crippen molar-refractivity contribution >= 4 is 5.91 Å². The van der Waals surface area contributed by atoms with Gasteiger partial charge in [0, 0.05) is 17.6 Å². The Hall–Kier alpha value is -2.14. The van der Waals surface area contributed by atoms with Crippen molar-refractivity contribution in [1.82, 2.24) is 20.8 Å². The maximum absolute atomic E-state index is 12.3. The molecule has 5 nitrogen and oxygen atoms in total. The Morgan fingerprint density at radius 1 is 1.33 bits per heavy atom. The number of amides is 1. The average molecular weight is 284 g/mol. The van der Waals surface area contributed by atoms with Gasteiger partial charge in [-0.2, -0.15) is 5.10 Å². The molecule has 1 aromatic heterocycles. The van der Waals surface area contributed by atoms with Gasteiger partial charge in [-0.15, -0.1) is 0 Å². The smallest absolute Gasteiger partial charge is 0.269 e. The maximum Gasteiger partial charge on any atom is 0.269 e. The average Bonchev–Trinajstić information content (AvgIpc) is 3.00. The zero-order valence-electron chi connectivity index (χ0n) is 12.1. The van der Waals surface area contributed by atoms with Crippen LogP contribution in [0.2, 0.25) is 0 Å². The van der Waals surface area contributed by atoms with Crippen LogP contribution in [0.25, 0.3) is 11.3 Å². The Labute approximate surface area is 124 Å². The van der Waals surface area contributed by atoms with E-state index in [2.05, 4.69) is 27.8 Å². The van der Waals surface area contributed by atoms with Gasteiger partial charge in [-0.05, 0) is 32.4 Å². The molecule has 0 radical (unpaired) electrons. The van der Waals surface area contributed by atoms with E-state index >= 15 is 0 Å². The van der Waals surface area contributed by atoms with Crippen molar-refractivity contribution in [3.05, 3.63) is 42.1 Å². The lowest BCUT2D eigenvalue weighted by Crippen LogP contribution is -2.51. The molecule has 0 spiro atoms. The molecule has 2 heterocycles. The summed E-state index contributed by atoms with van der Waals surface area (Å²) in [4.78, 5) is 12.3. The number of aromatic amines is 1. The molecule has 2 atom stereocenters.